The summed E-state index contributed by atoms with van der Waals surface area (Å²) in [6.45, 7) is 3.72. The van der Waals surface area contributed by atoms with Gasteiger partial charge in [0.2, 0.25) is 0 Å². The Morgan fingerprint density at radius 2 is 2.24 bits per heavy atom. The van der Waals surface area contributed by atoms with E-state index in [-0.39, 0.29) is 13.0 Å². The van der Waals surface area contributed by atoms with E-state index < -0.39 is 5.60 Å². The van der Waals surface area contributed by atoms with Gasteiger partial charge in [-0.3, -0.25) is 0 Å². The van der Waals surface area contributed by atoms with Crippen molar-refractivity contribution in [3.8, 4) is 0 Å². The van der Waals surface area contributed by atoms with Crippen molar-refractivity contribution in [3.05, 3.63) is 28.6 Å². The second kappa shape index (κ2) is 4.29. The predicted octanol–water partition coefficient (Wildman–Crippen LogP) is 2.04. The van der Waals surface area contributed by atoms with Crippen molar-refractivity contribution in [3.63, 3.8) is 0 Å². The number of hydrogen-bond donors (Lipinski definition) is 2. The van der Waals surface area contributed by atoms with Gasteiger partial charge in [0, 0.05) is 11.6 Å². The minimum atomic E-state index is -1.00. The summed E-state index contributed by atoms with van der Waals surface area (Å²) < 4.78 is 5.61. The molecule has 0 fully saturated rings. The fourth-order valence-corrected chi connectivity index (χ4v) is 1.94. The van der Waals surface area contributed by atoms with E-state index in [1.165, 1.54) is 0 Å². The second-order valence-electron chi connectivity index (χ2n) is 4.56. The highest BCUT2D eigenvalue weighted by atomic mass is 35.5. The van der Waals surface area contributed by atoms with Gasteiger partial charge in [-0.1, -0.05) is 11.6 Å². The fourth-order valence-electron chi connectivity index (χ4n) is 1.68. The molecule has 0 radical (unpaired) electrons. The number of benzene rings is 1. The lowest BCUT2D eigenvalue weighted by atomic mass is 10.0. The monoisotopic (exact) mass is 254 g/mol. The van der Waals surface area contributed by atoms with Gasteiger partial charge in [-0.2, -0.15) is 0 Å². The number of oxazole rings is 1. The zero-order valence-electron chi connectivity index (χ0n) is 9.83. The van der Waals surface area contributed by atoms with Gasteiger partial charge >= 0.3 is 0 Å². The first kappa shape index (κ1) is 12.4. The molecule has 0 saturated carbocycles. The second-order valence-corrected chi connectivity index (χ2v) is 4.99. The SMILES string of the molecule is Cc1cc(Cl)cc2nc(CC(C)(O)CN)oc12. The average Bonchev–Trinajstić information content (AvgIpc) is 2.59. The lowest BCUT2D eigenvalue weighted by Gasteiger charge is -2.18. The van der Waals surface area contributed by atoms with Crippen LogP contribution in [0.25, 0.3) is 11.1 Å². The Kier molecular flexibility index (Phi) is 3.12. The van der Waals surface area contributed by atoms with Crippen molar-refractivity contribution >= 4 is 22.7 Å². The largest absolute Gasteiger partial charge is 0.440 e. The van der Waals surface area contributed by atoms with Crippen molar-refractivity contribution in [1.29, 1.82) is 0 Å². The van der Waals surface area contributed by atoms with Gasteiger partial charge in [0.1, 0.15) is 5.52 Å². The molecule has 1 unspecified atom stereocenters. The van der Waals surface area contributed by atoms with Crippen LogP contribution in [0, 0.1) is 6.92 Å². The molecule has 0 spiro atoms. The van der Waals surface area contributed by atoms with Gasteiger partial charge in [0.15, 0.2) is 11.5 Å². The standard InChI is InChI=1S/C12H15ClN2O2/c1-7-3-8(13)4-9-11(7)17-10(15-9)5-12(2,16)6-14/h3-4,16H,5-6,14H2,1-2H3. The number of aliphatic hydroxyl groups is 1. The van der Waals surface area contributed by atoms with Crippen LogP contribution in [0.5, 0.6) is 0 Å². The molecule has 0 aliphatic carbocycles. The van der Waals surface area contributed by atoms with Crippen LogP contribution in [0.15, 0.2) is 16.5 Å². The normalized spacial score (nSPS) is 15.1. The van der Waals surface area contributed by atoms with E-state index in [1.807, 2.05) is 13.0 Å². The topological polar surface area (TPSA) is 72.3 Å². The summed E-state index contributed by atoms with van der Waals surface area (Å²) in [5.74, 6) is 0.473. The van der Waals surface area contributed by atoms with E-state index in [1.54, 1.807) is 13.0 Å². The molecule has 0 saturated heterocycles. The Hall–Kier alpha value is -1.10. The maximum absolute atomic E-state index is 9.87. The smallest absolute Gasteiger partial charge is 0.198 e. The summed E-state index contributed by atoms with van der Waals surface area (Å²) in [4.78, 5) is 4.30. The average molecular weight is 255 g/mol. The molecular formula is C12H15ClN2O2. The summed E-state index contributed by atoms with van der Waals surface area (Å²) >= 11 is 5.94. The molecule has 2 rings (SSSR count). The first-order valence-corrected chi connectivity index (χ1v) is 5.77. The first-order chi connectivity index (χ1) is 7.91. The summed E-state index contributed by atoms with van der Waals surface area (Å²) in [6.07, 6.45) is 0.287. The molecule has 1 atom stereocenters. The zero-order chi connectivity index (χ0) is 12.6. The van der Waals surface area contributed by atoms with E-state index in [9.17, 15) is 5.11 Å². The van der Waals surface area contributed by atoms with Crippen molar-refractivity contribution < 1.29 is 9.52 Å². The van der Waals surface area contributed by atoms with Crippen LogP contribution < -0.4 is 5.73 Å². The van der Waals surface area contributed by atoms with Gasteiger partial charge in [-0.05, 0) is 31.5 Å². The highest BCUT2D eigenvalue weighted by molar-refractivity contribution is 6.31. The molecule has 1 aromatic heterocycles. The highest BCUT2D eigenvalue weighted by Crippen LogP contribution is 2.25. The lowest BCUT2D eigenvalue weighted by Crippen LogP contribution is -2.36. The number of rotatable bonds is 3. The van der Waals surface area contributed by atoms with Gasteiger partial charge in [0.25, 0.3) is 0 Å². The Balaban J connectivity index is 2.42. The molecule has 92 valence electrons. The number of aryl methyl sites for hydroxylation is 1. The van der Waals surface area contributed by atoms with Crippen molar-refractivity contribution in [2.75, 3.05) is 6.54 Å². The van der Waals surface area contributed by atoms with Crippen LogP contribution in [-0.2, 0) is 6.42 Å². The summed E-state index contributed by atoms with van der Waals surface area (Å²) in [6, 6.07) is 3.56. The van der Waals surface area contributed by atoms with Crippen LogP contribution in [0.2, 0.25) is 5.02 Å². The Morgan fingerprint density at radius 1 is 1.53 bits per heavy atom. The Labute approximate surface area is 104 Å². The number of halogens is 1. The van der Waals surface area contributed by atoms with Crippen molar-refractivity contribution in [2.45, 2.75) is 25.9 Å². The van der Waals surface area contributed by atoms with Crippen LogP contribution in [0.4, 0.5) is 0 Å². The van der Waals surface area contributed by atoms with E-state index in [0.29, 0.717) is 22.0 Å². The first-order valence-electron chi connectivity index (χ1n) is 5.39. The molecule has 0 aliphatic heterocycles. The summed E-state index contributed by atoms with van der Waals surface area (Å²) in [7, 11) is 0. The maximum atomic E-state index is 9.87. The van der Waals surface area contributed by atoms with Crippen LogP contribution in [0.3, 0.4) is 0 Å². The lowest BCUT2D eigenvalue weighted by molar-refractivity contribution is 0.0632. The number of nitrogens with two attached hydrogens (primary N) is 1. The van der Waals surface area contributed by atoms with Crippen LogP contribution >= 0.6 is 11.6 Å². The zero-order valence-corrected chi connectivity index (χ0v) is 10.6. The number of nitrogens with zero attached hydrogens (tertiary/aromatic N) is 1. The van der Waals surface area contributed by atoms with Gasteiger partial charge < -0.3 is 15.3 Å². The number of aromatic nitrogens is 1. The van der Waals surface area contributed by atoms with E-state index >= 15 is 0 Å². The minimum Gasteiger partial charge on any atom is -0.440 e. The molecule has 0 aliphatic rings. The molecule has 3 N–H and O–H groups in total. The molecule has 17 heavy (non-hydrogen) atoms. The minimum absolute atomic E-state index is 0.158. The molecule has 4 nitrogen and oxygen atoms in total. The number of fused-ring (bicyclic) bond motifs is 1. The van der Waals surface area contributed by atoms with Crippen LogP contribution in [-0.4, -0.2) is 22.2 Å². The highest BCUT2D eigenvalue weighted by Gasteiger charge is 2.22. The van der Waals surface area contributed by atoms with E-state index in [4.69, 9.17) is 21.8 Å². The van der Waals surface area contributed by atoms with E-state index in [0.717, 1.165) is 5.56 Å². The van der Waals surface area contributed by atoms with E-state index in [2.05, 4.69) is 4.98 Å². The van der Waals surface area contributed by atoms with Gasteiger partial charge in [0.05, 0.1) is 12.0 Å². The Bertz CT molecular complexity index is 549. The molecular weight excluding hydrogens is 240 g/mol. The molecule has 5 heteroatoms. The molecule has 1 heterocycles. The molecule has 0 amide bonds. The van der Waals surface area contributed by atoms with Crippen LogP contribution in [0.1, 0.15) is 18.4 Å². The van der Waals surface area contributed by atoms with Gasteiger partial charge in [-0.25, -0.2) is 4.98 Å². The molecule has 1 aromatic carbocycles. The molecule has 0 bridgehead atoms. The van der Waals surface area contributed by atoms with Crippen molar-refractivity contribution in [2.24, 2.45) is 5.73 Å². The Morgan fingerprint density at radius 3 is 2.88 bits per heavy atom. The van der Waals surface area contributed by atoms with Gasteiger partial charge in [-0.15, -0.1) is 0 Å². The fraction of sp³-hybridized carbons (Fsp3) is 0.417. The summed E-state index contributed by atoms with van der Waals surface area (Å²) in [5, 5.41) is 10.5. The summed E-state index contributed by atoms with van der Waals surface area (Å²) in [5.41, 5.74) is 6.80. The predicted molar refractivity (Wildman–Crippen MR) is 67.1 cm³/mol. The number of hydrogen-bond acceptors (Lipinski definition) is 4. The third-order valence-corrected chi connectivity index (χ3v) is 2.87. The third kappa shape index (κ3) is 2.60. The third-order valence-electron chi connectivity index (χ3n) is 2.66. The van der Waals surface area contributed by atoms with Crippen molar-refractivity contribution in [1.82, 2.24) is 4.98 Å². The quantitative estimate of drug-likeness (QED) is 0.879. The maximum Gasteiger partial charge on any atom is 0.198 e. The molecule has 2 aromatic rings.